The zero-order valence-electron chi connectivity index (χ0n) is 10.7. The normalized spacial score (nSPS) is 16.6. The molecule has 1 N–H and O–H groups in total. The number of fused-ring (bicyclic) bond motifs is 1. The van der Waals surface area contributed by atoms with Crippen LogP contribution in [-0.4, -0.2) is 59.2 Å². The fourth-order valence-electron chi connectivity index (χ4n) is 2.12. The second-order valence-electron chi connectivity index (χ2n) is 4.48. The number of nitrogens with one attached hydrogen (secondary N) is 1. The second kappa shape index (κ2) is 5.90. The molecule has 0 amide bonds. The number of anilines is 1. The van der Waals surface area contributed by atoms with Crippen LogP contribution in [0.1, 0.15) is 0 Å². The number of pyridine rings is 1. The first-order chi connectivity index (χ1) is 9.42. The third-order valence-corrected chi connectivity index (χ3v) is 3.17. The van der Waals surface area contributed by atoms with Gasteiger partial charge in [-0.3, -0.25) is 9.88 Å². The highest BCUT2D eigenvalue weighted by Gasteiger charge is 2.09. The molecule has 19 heavy (non-hydrogen) atoms. The van der Waals surface area contributed by atoms with E-state index in [2.05, 4.69) is 25.2 Å². The van der Waals surface area contributed by atoms with Gasteiger partial charge in [0.1, 0.15) is 11.3 Å². The van der Waals surface area contributed by atoms with E-state index < -0.39 is 0 Å². The summed E-state index contributed by atoms with van der Waals surface area (Å²) in [6.07, 6.45) is 3.34. The average Bonchev–Trinajstić information content (AvgIpc) is 2.48. The Labute approximate surface area is 111 Å². The van der Waals surface area contributed by atoms with Gasteiger partial charge in [-0.1, -0.05) is 0 Å². The topological polar surface area (TPSA) is 63.2 Å². The Kier molecular flexibility index (Phi) is 3.81. The summed E-state index contributed by atoms with van der Waals surface area (Å²) in [5.41, 5.74) is 1.50. The van der Waals surface area contributed by atoms with Gasteiger partial charge in [-0.2, -0.15) is 0 Å². The zero-order valence-corrected chi connectivity index (χ0v) is 10.7. The largest absolute Gasteiger partial charge is 0.379 e. The maximum absolute atomic E-state index is 5.32. The van der Waals surface area contributed by atoms with Crippen LogP contribution in [0.2, 0.25) is 0 Å². The van der Waals surface area contributed by atoms with Crippen molar-refractivity contribution in [2.75, 3.05) is 44.7 Å². The van der Waals surface area contributed by atoms with Crippen molar-refractivity contribution in [1.82, 2.24) is 19.9 Å². The van der Waals surface area contributed by atoms with E-state index in [1.807, 2.05) is 12.1 Å². The lowest BCUT2D eigenvalue weighted by Crippen LogP contribution is -2.39. The SMILES string of the molecule is c1cnc2nc(NCCN3CCOCC3)ccc2n1. The minimum absolute atomic E-state index is 0.680. The average molecular weight is 259 g/mol. The highest BCUT2D eigenvalue weighted by molar-refractivity contribution is 5.71. The Morgan fingerprint density at radius 1 is 1.16 bits per heavy atom. The van der Waals surface area contributed by atoms with E-state index in [0.717, 1.165) is 50.7 Å². The molecule has 1 aliphatic heterocycles. The van der Waals surface area contributed by atoms with E-state index >= 15 is 0 Å². The summed E-state index contributed by atoms with van der Waals surface area (Å²) in [4.78, 5) is 15.2. The van der Waals surface area contributed by atoms with E-state index in [-0.39, 0.29) is 0 Å². The van der Waals surface area contributed by atoms with Crippen molar-refractivity contribution in [2.24, 2.45) is 0 Å². The van der Waals surface area contributed by atoms with Crippen LogP contribution in [0.5, 0.6) is 0 Å². The van der Waals surface area contributed by atoms with Gasteiger partial charge in [0.05, 0.1) is 13.2 Å². The number of hydrogen-bond donors (Lipinski definition) is 1. The maximum Gasteiger partial charge on any atom is 0.180 e. The summed E-state index contributed by atoms with van der Waals surface area (Å²) < 4.78 is 5.32. The molecule has 3 heterocycles. The van der Waals surface area contributed by atoms with Gasteiger partial charge in [-0.05, 0) is 12.1 Å². The number of nitrogens with zero attached hydrogens (tertiary/aromatic N) is 4. The second-order valence-corrected chi connectivity index (χ2v) is 4.48. The Balaban J connectivity index is 1.56. The molecule has 6 nitrogen and oxygen atoms in total. The van der Waals surface area contributed by atoms with Gasteiger partial charge < -0.3 is 10.1 Å². The number of rotatable bonds is 4. The molecule has 1 saturated heterocycles. The van der Waals surface area contributed by atoms with Crippen molar-refractivity contribution in [1.29, 1.82) is 0 Å². The monoisotopic (exact) mass is 259 g/mol. The lowest BCUT2D eigenvalue weighted by molar-refractivity contribution is 0.0398. The molecule has 1 fully saturated rings. The molecule has 0 radical (unpaired) electrons. The van der Waals surface area contributed by atoms with Crippen molar-refractivity contribution < 1.29 is 4.74 Å². The predicted octanol–water partition coefficient (Wildman–Crippen LogP) is 0.769. The Morgan fingerprint density at radius 3 is 2.89 bits per heavy atom. The number of ether oxygens (including phenoxy) is 1. The van der Waals surface area contributed by atoms with Crippen LogP contribution in [0.25, 0.3) is 11.2 Å². The van der Waals surface area contributed by atoms with Crippen molar-refractivity contribution in [3.8, 4) is 0 Å². The smallest absolute Gasteiger partial charge is 0.180 e. The highest BCUT2D eigenvalue weighted by atomic mass is 16.5. The third-order valence-electron chi connectivity index (χ3n) is 3.17. The first-order valence-electron chi connectivity index (χ1n) is 6.53. The Morgan fingerprint density at radius 2 is 2.00 bits per heavy atom. The lowest BCUT2D eigenvalue weighted by atomic mass is 10.4. The minimum Gasteiger partial charge on any atom is -0.379 e. The summed E-state index contributed by atoms with van der Waals surface area (Å²) in [7, 11) is 0. The molecule has 0 bridgehead atoms. The summed E-state index contributed by atoms with van der Waals surface area (Å²) in [6.45, 7) is 5.58. The van der Waals surface area contributed by atoms with E-state index in [4.69, 9.17) is 4.74 Å². The van der Waals surface area contributed by atoms with Crippen molar-refractivity contribution in [3.63, 3.8) is 0 Å². The number of hydrogen-bond acceptors (Lipinski definition) is 6. The van der Waals surface area contributed by atoms with E-state index in [9.17, 15) is 0 Å². The predicted molar refractivity (Wildman–Crippen MR) is 73.1 cm³/mol. The first kappa shape index (κ1) is 12.3. The molecule has 2 aromatic heterocycles. The van der Waals surface area contributed by atoms with E-state index in [1.165, 1.54) is 0 Å². The van der Waals surface area contributed by atoms with Crippen LogP contribution in [0.15, 0.2) is 24.5 Å². The molecular formula is C13H17N5O. The molecule has 100 valence electrons. The van der Waals surface area contributed by atoms with Crippen LogP contribution in [0, 0.1) is 0 Å². The molecular weight excluding hydrogens is 242 g/mol. The summed E-state index contributed by atoms with van der Waals surface area (Å²) in [6, 6.07) is 3.88. The molecule has 0 saturated carbocycles. The number of morpholine rings is 1. The van der Waals surface area contributed by atoms with Crippen LogP contribution < -0.4 is 5.32 Å². The summed E-state index contributed by atoms with van der Waals surface area (Å²) in [5.74, 6) is 0.848. The molecule has 1 aliphatic rings. The minimum atomic E-state index is 0.680. The Bertz CT molecular complexity index is 541. The molecule has 0 spiro atoms. The lowest BCUT2D eigenvalue weighted by Gasteiger charge is -2.26. The van der Waals surface area contributed by atoms with Crippen molar-refractivity contribution in [3.05, 3.63) is 24.5 Å². The molecule has 6 heteroatoms. The van der Waals surface area contributed by atoms with Crippen LogP contribution in [-0.2, 0) is 4.74 Å². The van der Waals surface area contributed by atoms with E-state index in [1.54, 1.807) is 12.4 Å². The van der Waals surface area contributed by atoms with Gasteiger partial charge >= 0.3 is 0 Å². The molecule has 0 aromatic carbocycles. The fraction of sp³-hybridized carbons (Fsp3) is 0.462. The molecule has 3 rings (SSSR count). The first-order valence-corrected chi connectivity index (χ1v) is 6.53. The third kappa shape index (κ3) is 3.15. The summed E-state index contributed by atoms with van der Waals surface area (Å²) in [5, 5.41) is 3.32. The molecule has 0 aliphatic carbocycles. The van der Waals surface area contributed by atoms with Crippen molar-refractivity contribution >= 4 is 17.0 Å². The Hall–Kier alpha value is -1.79. The van der Waals surface area contributed by atoms with Crippen LogP contribution >= 0.6 is 0 Å². The van der Waals surface area contributed by atoms with Gasteiger partial charge in [-0.15, -0.1) is 0 Å². The maximum atomic E-state index is 5.32. The van der Waals surface area contributed by atoms with E-state index in [0.29, 0.717) is 5.65 Å². The van der Waals surface area contributed by atoms with Crippen LogP contribution in [0.3, 0.4) is 0 Å². The van der Waals surface area contributed by atoms with Gasteiger partial charge in [0.25, 0.3) is 0 Å². The zero-order chi connectivity index (χ0) is 12.9. The highest BCUT2D eigenvalue weighted by Crippen LogP contribution is 2.09. The molecule has 0 unspecified atom stereocenters. The van der Waals surface area contributed by atoms with Gasteiger partial charge in [0.2, 0.25) is 0 Å². The molecule has 0 atom stereocenters. The van der Waals surface area contributed by atoms with Gasteiger partial charge in [0.15, 0.2) is 5.65 Å². The molecule has 2 aromatic rings. The van der Waals surface area contributed by atoms with Gasteiger partial charge in [0, 0.05) is 38.6 Å². The van der Waals surface area contributed by atoms with Gasteiger partial charge in [-0.25, -0.2) is 9.97 Å². The standard InChI is InChI=1S/C13H17N5O/c1-2-12(17-13-11(1)14-3-4-16-13)15-5-6-18-7-9-19-10-8-18/h1-4H,5-10H2,(H,15,16,17). The number of aromatic nitrogens is 3. The fourth-order valence-corrected chi connectivity index (χ4v) is 2.12. The van der Waals surface area contributed by atoms with Crippen molar-refractivity contribution in [2.45, 2.75) is 0 Å². The van der Waals surface area contributed by atoms with Crippen LogP contribution in [0.4, 0.5) is 5.82 Å². The quantitative estimate of drug-likeness (QED) is 0.875. The summed E-state index contributed by atoms with van der Waals surface area (Å²) >= 11 is 0.